The SMILES string of the molecule is COC([O-])=c1ccc2cccc(=C3C=CC=C3)c2c1. The van der Waals surface area contributed by atoms with Gasteiger partial charge in [0.1, 0.15) is 0 Å². The lowest BCUT2D eigenvalue weighted by Crippen LogP contribution is -2.18. The summed E-state index contributed by atoms with van der Waals surface area (Å²) in [7, 11) is 1.40. The summed E-state index contributed by atoms with van der Waals surface area (Å²) in [5.41, 5.74) is 1.16. The van der Waals surface area contributed by atoms with Crippen molar-refractivity contribution in [2.24, 2.45) is 0 Å². The summed E-state index contributed by atoms with van der Waals surface area (Å²) in [6.07, 6.45) is 8.16. The monoisotopic (exact) mass is 249 g/mol. The highest BCUT2D eigenvalue weighted by atomic mass is 16.6. The van der Waals surface area contributed by atoms with Crippen molar-refractivity contribution in [1.82, 2.24) is 0 Å². The predicted octanol–water partition coefficient (Wildman–Crippen LogP) is 1.19. The van der Waals surface area contributed by atoms with Crippen LogP contribution in [0, 0.1) is 0 Å². The third kappa shape index (κ3) is 2.02. The number of hydrogen-bond acceptors (Lipinski definition) is 2. The quantitative estimate of drug-likeness (QED) is 0.760. The second kappa shape index (κ2) is 4.65. The van der Waals surface area contributed by atoms with Gasteiger partial charge < -0.3 is 9.84 Å². The van der Waals surface area contributed by atoms with Gasteiger partial charge in [0.15, 0.2) is 0 Å². The first-order valence-corrected chi connectivity index (χ1v) is 6.13. The first-order chi connectivity index (χ1) is 9.29. The smallest absolute Gasteiger partial charge is 0.0584 e. The number of hydrogen-bond donors (Lipinski definition) is 0. The van der Waals surface area contributed by atoms with Crippen LogP contribution in [0.4, 0.5) is 0 Å². The van der Waals surface area contributed by atoms with Crippen molar-refractivity contribution < 1.29 is 9.84 Å². The van der Waals surface area contributed by atoms with Crippen LogP contribution in [0.25, 0.3) is 22.3 Å². The highest BCUT2D eigenvalue weighted by Crippen LogP contribution is 2.11. The molecule has 94 valence electrons. The van der Waals surface area contributed by atoms with Crippen molar-refractivity contribution in [1.29, 1.82) is 0 Å². The van der Waals surface area contributed by atoms with E-state index >= 15 is 0 Å². The van der Waals surface area contributed by atoms with Gasteiger partial charge in [-0.3, -0.25) is 0 Å². The molecule has 0 heterocycles. The largest absolute Gasteiger partial charge is 0.616 e. The Kier molecular flexibility index (Phi) is 2.84. The average molecular weight is 249 g/mol. The molecule has 2 nitrogen and oxygen atoms in total. The molecule has 1 aliphatic carbocycles. The second-order valence-electron chi connectivity index (χ2n) is 4.41. The van der Waals surface area contributed by atoms with Crippen LogP contribution in [0.1, 0.15) is 0 Å². The first kappa shape index (κ1) is 11.6. The van der Waals surface area contributed by atoms with E-state index in [4.69, 9.17) is 4.74 Å². The summed E-state index contributed by atoms with van der Waals surface area (Å²) in [6, 6.07) is 11.8. The minimum Gasteiger partial charge on any atom is -0.616 e. The van der Waals surface area contributed by atoms with Gasteiger partial charge >= 0.3 is 0 Å². The van der Waals surface area contributed by atoms with E-state index in [2.05, 4.69) is 18.2 Å². The van der Waals surface area contributed by atoms with E-state index < -0.39 is 0 Å². The molecule has 0 saturated heterocycles. The van der Waals surface area contributed by atoms with Crippen LogP contribution < -0.4 is 15.5 Å². The van der Waals surface area contributed by atoms with Crippen LogP contribution in [0.3, 0.4) is 0 Å². The highest BCUT2D eigenvalue weighted by molar-refractivity contribution is 5.88. The molecule has 0 aromatic heterocycles. The minimum atomic E-state index is -0.306. The Morgan fingerprint density at radius 2 is 1.84 bits per heavy atom. The van der Waals surface area contributed by atoms with E-state index in [1.807, 2.05) is 36.4 Å². The normalized spacial score (nSPS) is 15.1. The fourth-order valence-corrected chi connectivity index (χ4v) is 2.32. The summed E-state index contributed by atoms with van der Waals surface area (Å²) in [6.45, 7) is 0. The summed E-state index contributed by atoms with van der Waals surface area (Å²) in [5, 5.41) is 15.5. The molecule has 2 aromatic rings. The van der Waals surface area contributed by atoms with Gasteiger partial charge in [-0.2, -0.15) is 0 Å². The predicted molar refractivity (Wildman–Crippen MR) is 75.3 cm³/mol. The van der Waals surface area contributed by atoms with Gasteiger partial charge in [0.25, 0.3) is 0 Å². The molecule has 0 aliphatic heterocycles. The number of fused-ring (bicyclic) bond motifs is 1. The standard InChI is InChI=1S/C17H14O2/c1-19-17(18)14-10-9-13-7-4-8-15(16(13)11-14)12-5-2-3-6-12/h2-11,18H,1H3/p-1. The van der Waals surface area contributed by atoms with Crippen LogP contribution >= 0.6 is 0 Å². The Bertz CT molecular complexity index is 797. The fraction of sp³-hybridized carbons (Fsp3) is 0.0588. The van der Waals surface area contributed by atoms with Crippen molar-refractivity contribution in [2.45, 2.75) is 0 Å². The molecule has 0 unspecified atom stereocenters. The third-order valence-corrected chi connectivity index (χ3v) is 3.28. The van der Waals surface area contributed by atoms with Gasteiger partial charge in [0, 0.05) is 0 Å². The fourth-order valence-electron chi connectivity index (χ4n) is 2.32. The minimum absolute atomic E-state index is 0.306. The number of benzene rings is 2. The highest BCUT2D eigenvalue weighted by Gasteiger charge is 1.99. The summed E-state index contributed by atoms with van der Waals surface area (Å²) < 4.78 is 4.78. The molecule has 0 N–H and O–H groups in total. The molecule has 0 spiro atoms. The van der Waals surface area contributed by atoms with Crippen molar-refractivity contribution in [3.05, 3.63) is 71.1 Å². The van der Waals surface area contributed by atoms with Crippen molar-refractivity contribution in [2.75, 3.05) is 7.11 Å². The van der Waals surface area contributed by atoms with Gasteiger partial charge in [0.05, 0.1) is 5.95 Å². The second-order valence-corrected chi connectivity index (χ2v) is 4.41. The first-order valence-electron chi connectivity index (χ1n) is 6.13. The van der Waals surface area contributed by atoms with Crippen LogP contribution in [0.2, 0.25) is 0 Å². The molecule has 2 heteroatoms. The van der Waals surface area contributed by atoms with Gasteiger partial charge in [0.2, 0.25) is 0 Å². The Hall–Kier alpha value is -2.48. The number of allylic oxidation sites excluding steroid dienone is 4. The third-order valence-electron chi connectivity index (χ3n) is 3.28. The van der Waals surface area contributed by atoms with Crippen LogP contribution in [-0.2, 0) is 4.74 Å². The molecule has 0 amide bonds. The molecule has 2 aromatic carbocycles. The van der Waals surface area contributed by atoms with Crippen LogP contribution in [0.15, 0.2) is 60.7 Å². The van der Waals surface area contributed by atoms with Crippen molar-refractivity contribution >= 4 is 22.3 Å². The van der Waals surface area contributed by atoms with Crippen LogP contribution in [0.5, 0.6) is 0 Å². The van der Waals surface area contributed by atoms with E-state index in [-0.39, 0.29) is 5.95 Å². The van der Waals surface area contributed by atoms with E-state index in [1.165, 1.54) is 7.11 Å². The lowest BCUT2D eigenvalue weighted by Gasteiger charge is -2.09. The van der Waals surface area contributed by atoms with E-state index in [0.717, 1.165) is 21.6 Å². The summed E-state index contributed by atoms with van der Waals surface area (Å²) in [5.74, 6) is -0.306. The molecular formula is C17H13O2-. The van der Waals surface area contributed by atoms with Gasteiger partial charge in [-0.05, 0) is 40.0 Å². The maximum Gasteiger partial charge on any atom is 0.0584 e. The van der Waals surface area contributed by atoms with E-state index in [9.17, 15) is 5.11 Å². The molecule has 0 saturated carbocycles. The van der Waals surface area contributed by atoms with Gasteiger partial charge in [-0.15, -0.1) is 0 Å². The molecule has 0 bridgehead atoms. The van der Waals surface area contributed by atoms with Gasteiger partial charge in [-0.1, -0.05) is 54.6 Å². The molecular weight excluding hydrogens is 236 g/mol. The Morgan fingerprint density at radius 1 is 1.05 bits per heavy atom. The number of rotatable bonds is 1. The topological polar surface area (TPSA) is 32.3 Å². The molecule has 3 rings (SSSR count). The summed E-state index contributed by atoms with van der Waals surface area (Å²) in [4.78, 5) is 0. The number of methoxy groups -OCH3 is 1. The average Bonchev–Trinajstić information content (AvgIpc) is 2.99. The molecule has 0 radical (unpaired) electrons. The van der Waals surface area contributed by atoms with E-state index in [1.54, 1.807) is 6.07 Å². The van der Waals surface area contributed by atoms with Crippen molar-refractivity contribution in [3.8, 4) is 0 Å². The molecule has 1 aliphatic rings. The lowest BCUT2D eigenvalue weighted by atomic mass is 10.0. The zero-order valence-electron chi connectivity index (χ0n) is 10.6. The Morgan fingerprint density at radius 3 is 2.58 bits per heavy atom. The van der Waals surface area contributed by atoms with Crippen molar-refractivity contribution in [3.63, 3.8) is 0 Å². The molecule has 0 atom stereocenters. The zero-order chi connectivity index (χ0) is 13.2. The Labute approximate surface area is 111 Å². The zero-order valence-corrected chi connectivity index (χ0v) is 10.6. The van der Waals surface area contributed by atoms with E-state index in [0.29, 0.717) is 5.22 Å². The maximum absolute atomic E-state index is 11.6. The molecule has 19 heavy (non-hydrogen) atoms. The lowest BCUT2D eigenvalue weighted by molar-refractivity contribution is -0.288. The van der Waals surface area contributed by atoms with Crippen LogP contribution in [-0.4, -0.2) is 7.11 Å². The summed E-state index contributed by atoms with van der Waals surface area (Å²) >= 11 is 0. The Balaban J connectivity index is 2.45. The maximum atomic E-state index is 11.6. The van der Waals surface area contributed by atoms with Gasteiger partial charge in [-0.25, -0.2) is 0 Å². The number of ether oxygens (including phenoxy) is 1. The molecule has 0 fully saturated rings.